The number of nitrogens with one attached hydrogen (secondary N) is 1. The van der Waals surface area contributed by atoms with Crippen molar-refractivity contribution < 1.29 is 4.39 Å². The summed E-state index contributed by atoms with van der Waals surface area (Å²) in [5.41, 5.74) is 1.20. The summed E-state index contributed by atoms with van der Waals surface area (Å²) in [4.78, 5) is 6.82. The lowest BCUT2D eigenvalue weighted by Crippen LogP contribution is -2.43. The van der Waals surface area contributed by atoms with Crippen molar-refractivity contribution in [2.45, 2.75) is 44.1 Å². The Hall–Kier alpha value is -1.29. The number of benzene rings is 1. The molecule has 1 N–H and O–H groups in total. The molecule has 1 aromatic rings. The maximum atomic E-state index is 14.0. The molecule has 2 saturated carbocycles. The van der Waals surface area contributed by atoms with E-state index in [1.807, 2.05) is 7.05 Å². The van der Waals surface area contributed by atoms with Gasteiger partial charge in [0.15, 0.2) is 5.96 Å². The highest BCUT2D eigenvalue weighted by atomic mass is 35.5. The summed E-state index contributed by atoms with van der Waals surface area (Å²) >= 11 is 6.18. The Morgan fingerprint density at radius 3 is 2.83 bits per heavy atom. The van der Waals surface area contributed by atoms with Crippen LogP contribution in [0.3, 0.4) is 0 Å². The van der Waals surface area contributed by atoms with Crippen LogP contribution in [0, 0.1) is 11.2 Å². The lowest BCUT2D eigenvalue weighted by Gasteiger charge is -2.38. The highest BCUT2D eigenvalue weighted by Crippen LogP contribution is 2.48. The molecular formula is C18H23ClFN3. The molecule has 124 valence electrons. The van der Waals surface area contributed by atoms with E-state index in [4.69, 9.17) is 11.6 Å². The standard InChI is InChI=1S/C18H23ClFN3/c1-21-17(23-9-8-18(11-23)6-3-7-18)22-15-10-12(15)16-13(19)4-2-5-14(16)20/h2,4-5,12,15H,3,6-11H2,1H3,(H,21,22). The van der Waals surface area contributed by atoms with Crippen molar-refractivity contribution in [1.82, 2.24) is 10.2 Å². The first-order valence-corrected chi connectivity index (χ1v) is 8.92. The molecule has 5 heteroatoms. The summed E-state index contributed by atoms with van der Waals surface area (Å²) in [6, 6.07) is 5.16. The Bertz CT molecular complexity index is 621. The van der Waals surface area contributed by atoms with Gasteiger partial charge >= 0.3 is 0 Å². The van der Waals surface area contributed by atoms with Crippen molar-refractivity contribution >= 4 is 17.6 Å². The molecule has 0 amide bonds. The van der Waals surface area contributed by atoms with Crippen LogP contribution >= 0.6 is 11.6 Å². The summed E-state index contributed by atoms with van der Waals surface area (Å²) in [6.07, 6.45) is 6.28. The van der Waals surface area contributed by atoms with E-state index in [0.717, 1.165) is 25.5 Å². The van der Waals surface area contributed by atoms with Crippen LogP contribution < -0.4 is 5.32 Å². The molecule has 1 heterocycles. The van der Waals surface area contributed by atoms with Crippen molar-refractivity contribution in [2.75, 3.05) is 20.1 Å². The Kier molecular flexibility index (Phi) is 3.75. The van der Waals surface area contributed by atoms with Gasteiger partial charge in [0.2, 0.25) is 0 Å². The second-order valence-corrected chi connectivity index (χ2v) is 7.71. The number of halogens is 2. The van der Waals surface area contributed by atoms with Gasteiger partial charge in [0.1, 0.15) is 5.82 Å². The minimum atomic E-state index is -0.198. The summed E-state index contributed by atoms with van der Waals surface area (Å²) in [5, 5.41) is 4.05. The van der Waals surface area contributed by atoms with Crippen LogP contribution in [0.15, 0.2) is 23.2 Å². The lowest BCUT2D eigenvalue weighted by atomic mass is 9.68. The lowest BCUT2D eigenvalue weighted by molar-refractivity contribution is 0.151. The minimum absolute atomic E-state index is 0.153. The molecular weight excluding hydrogens is 313 g/mol. The first-order chi connectivity index (χ1) is 11.1. The van der Waals surface area contributed by atoms with Crippen molar-refractivity contribution in [1.29, 1.82) is 0 Å². The third-order valence-corrected chi connectivity index (χ3v) is 6.17. The van der Waals surface area contributed by atoms with Gasteiger partial charge in [0.05, 0.1) is 0 Å². The summed E-state index contributed by atoms with van der Waals surface area (Å²) in [5.74, 6) is 0.922. The Labute approximate surface area is 141 Å². The molecule has 3 fully saturated rings. The van der Waals surface area contributed by atoms with Crippen LogP contribution in [0.25, 0.3) is 0 Å². The number of guanidine groups is 1. The third-order valence-electron chi connectivity index (χ3n) is 5.84. The average Bonchev–Trinajstić information content (AvgIpc) is 3.08. The predicted molar refractivity (Wildman–Crippen MR) is 91.5 cm³/mol. The van der Waals surface area contributed by atoms with Gasteiger partial charge in [-0.25, -0.2) is 4.39 Å². The molecule has 2 aliphatic carbocycles. The fraction of sp³-hybridized carbons (Fsp3) is 0.611. The number of hydrogen-bond donors (Lipinski definition) is 1. The minimum Gasteiger partial charge on any atom is -0.353 e. The van der Waals surface area contributed by atoms with Crippen molar-refractivity contribution in [3.05, 3.63) is 34.6 Å². The topological polar surface area (TPSA) is 27.6 Å². The SMILES string of the molecule is CN=C(NC1CC1c1c(F)cccc1Cl)N1CCC2(CCC2)C1. The van der Waals surface area contributed by atoms with Gasteiger partial charge in [-0.2, -0.15) is 0 Å². The van der Waals surface area contributed by atoms with E-state index < -0.39 is 0 Å². The zero-order chi connectivity index (χ0) is 16.0. The number of nitrogens with zero attached hydrogens (tertiary/aromatic N) is 2. The average molecular weight is 336 g/mol. The van der Waals surface area contributed by atoms with Crippen molar-refractivity contribution in [3.63, 3.8) is 0 Å². The molecule has 2 atom stereocenters. The first-order valence-electron chi connectivity index (χ1n) is 8.54. The van der Waals surface area contributed by atoms with E-state index >= 15 is 0 Å². The van der Waals surface area contributed by atoms with Crippen LogP contribution in [-0.2, 0) is 0 Å². The molecule has 0 bridgehead atoms. The van der Waals surface area contributed by atoms with Gasteiger partial charge in [-0.15, -0.1) is 0 Å². The highest BCUT2D eigenvalue weighted by molar-refractivity contribution is 6.31. The Morgan fingerprint density at radius 2 is 2.22 bits per heavy atom. The Balaban J connectivity index is 1.41. The fourth-order valence-electron chi connectivity index (χ4n) is 4.20. The Morgan fingerprint density at radius 1 is 1.39 bits per heavy atom. The molecule has 23 heavy (non-hydrogen) atoms. The van der Waals surface area contributed by atoms with Crippen LogP contribution in [-0.4, -0.2) is 37.0 Å². The van der Waals surface area contributed by atoms with E-state index in [9.17, 15) is 4.39 Å². The molecule has 2 unspecified atom stereocenters. The monoisotopic (exact) mass is 335 g/mol. The first kappa shape index (κ1) is 15.3. The summed E-state index contributed by atoms with van der Waals surface area (Å²) < 4.78 is 14.0. The smallest absolute Gasteiger partial charge is 0.193 e. The van der Waals surface area contributed by atoms with E-state index in [1.165, 1.54) is 31.7 Å². The molecule has 1 spiro atoms. The van der Waals surface area contributed by atoms with Gasteiger partial charge < -0.3 is 10.2 Å². The summed E-state index contributed by atoms with van der Waals surface area (Å²) in [6.45, 7) is 2.20. The zero-order valence-electron chi connectivity index (χ0n) is 13.5. The fourth-order valence-corrected chi connectivity index (χ4v) is 4.51. The van der Waals surface area contributed by atoms with E-state index in [-0.39, 0.29) is 17.8 Å². The molecule has 0 radical (unpaired) electrons. The normalized spacial score (nSPS) is 28.8. The molecule has 3 nitrogen and oxygen atoms in total. The molecule has 3 aliphatic rings. The molecule has 1 aliphatic heterocycles. The molecule has 4 rings (SSSR count). The number of rotatable bonds is 2. The van der Waals surface area contributed by atoms with Gasteiger partial charge in [-0.1, -0.05) is 24.1 Å². The van der Waals surface area contributed by atoms with E-state index in [0.29, 0.717) is 16.0 Å². The van der Waals surface area contributed by atoms with Gasteiger partial charge in [0, 0.05) is 42.7 Å². The second kappa shape index (κ2) is 5.66. The van der Waals surface area contributed by atoms with Crippen LogP contribution in [0.4, 0.5) is 4.39 Å². The van der Waals surface area contributed by atoms with E-state index in [1.54, 1.807) is 12.1 Å². The van der Waals surface area contributed by atoms with Crippen molar-refractivity contribution in [3.8, 4) is 0 Å². The van der Waals surface area contributed by atoms with Crippen LogP contribution in [0.1, 0.15) is 43.6 Å². The van der Waals surface area contributed by atoms with Crippen LogP contribution in [0.5, 0.6) is 0 Å². The van der Waals surface area contributed by atoms with Crippen molar-refractivity contribution in [2.24, 2.45) is 10.4 Å². The van der Waals surface area contributed by atoms with E-state index in [2.05, 4.69) is 15.2 Å². The second-order valence-electron chi connectivity index (χ2n) is 7.30. The van der Waals surface area contributed by atoms with Gasteiger partial charge in [0.25, 0.3) is 0 Å². The molecule has 1 aromatic carbocycles. The maximum absolute atomic E-state index is 14.0. The molecule has 0 aromatic heterocycles. The number of aliphatic imine (C=N–C) groups is 1. The zero-order valence-corrected chi connectivity index (χ0v) is 14.2. The highest BCUT2D eigenvalue weighted by Gasteiger charge is 2.46. The van der Waals surface area contributed by atoms with Gasteiger partial charge in [-0.05, 0) is 43.2 Å². The quantitative estimate of drug-likeness (QED) is 0.658. The van der Waals surface area contributed by atoms with Crippen LogP contribution in [0.2, 0.25) is 5.02 Å². The maximum Gasteiger partial charge on any atom is 0.193 e. The largest absolute Gasteiger partial charge is 0.353 e. The number of likely N-dealkylation sites (tertiary alicyclic amines) is 1. The predicted octanol–water partition coefficient (Wildman–Crippen LogP) is 3.79. The van der Waals surface area contributed by atoms with Gasteiger partial charge in [-0.3, -0.25) is 4.99 Å². The third kappa shape index (κ3) is 2.71. The summed E-state index contributed by atoms with van der Waals surface area (Å²) in [7, 11) is 1.83. The number of hydrogen-bond acceptors (Lipinski definition) is 1. The molecule has 1 saturated heterocycles.